The van der Waals surface area contributed by atoms with Gasteiger partial charge in [-0.3, -0.25) is 4.79 Å². The van der Waals surface area contributed by atoms with Crippen LogP contribution >= 0.6 is 11.3 Å². The predicted octanol–water partition coefficient (Wildman–Crippen LogP) is 2.50. The fraction of sp³-hybridized carbons (Fsp3) is 0.667. The van der Waals surface area contributed by atoms with Crippen molar-refractivity contribution in [3.8, 4) is 0 Å². The van der Waals surface area contributed by atoms with Crippen LogP contribution in [0.2, 0.25) is 0 Å². The molecule has 3 nitrogen and oxygen atoms in total. The van der Waals surface area contributed by atoms with Crippen molar-refractivity contribution in [1.82, 2.24) is 5.32 Å². The summed E-state index contributed by atoms with van der Waals surface area (Å²) in [7, 11) is 0. The van der Waals surface area contributed by atoms with Crippen LogP contribution in [0.25, 0.3) is 0 Å². The lowest BCUT2D eigenvalue weighted by atomic mass is 9.85. The second-order valence-corrected chi connectivity index (χ2v) is 7.29. The van der Waals surface area contributed by atoms with Gasteiger partial charge in [-0.25, -0.2) is 0 Å². The monoisotopic (exact) mass is 279 g/mol. The highest BCUT2D eigenvalue weighted by atomic mass is 32.1. The molecule has 1 amide bonds. The number of aryl methyl sites for hydroxylation is 2. The summed E-state index contributed by atoms with van der Waals surface area (Å²) < 4.78 is 0. The summed E-state index contributed by atoms with van der Waals surface area (Å²) >= 11 is 1.56. The molecule has 1 aromatic rings. The van der Waals surface area contributed by atoms with Crippen LogP contribution in [0.3, 0.4) is 0 Å². The van der Waals surface area contributed by atoms with Crippen LogP contribution < -0.4 is 5.32 Å². The number of thiophene rings is 1. The molecule has 2 fully saturated rings. The number of rotatable bonds is 3. The van der Waals surface area contributed by atoms with E-state index in [0.29, 0.717) is 11.8 Å². The molecule has 4 unspecified atom stereocenters. The van der Waals surface area contributed by atoms with Crippen LogP contribution in [0.15, 0.2) is 6.07 Å². The lowest BCUT2D eigenvalue weighted by molar-refractivity contribution is 0.0865. The van der Waals surface area contributed by atoms with Gasteiger partial charge in [-0.2, -0.15) is 0 Å². The Kier molecular flexibility index (Phi) is 3.39. The number of hydrogen-bond donors (Lipinski definition) is 2. The second-order valence-electron chi connectivity index (χ2n) is 6.03. The van der Waals surface area contributed by atoms with Crippen molar-refractivity contribution in [2.75, 3.05) is 6.61 Å². The summed E-state index contributed by atoms with van der Waals surface area (Å²) in [5.41, 5.74) is 1.18. The molecule has 2 aliphatic rings. The Labute approximate surface area is 118 Å². The highest BCUT2D eigenvalue weighted by Gasteiger charge is 2.47. The highest BCUT2D eigenvalue weighted by molar-refractivity contribution is 7.14. The zero-order chi connectivity index (χ0) is 13.6. The van der Waals surface area contributed by atoms with Gasteiger partial charge in [0.25, 0.3) is 5.91 Å². The lowest BCUT2D eigenvalue weighted by Crippen LogP contribution is -2.45. The van der Waals surface area contributed by atoms with Crippen molar-refractivity contribution in [3.05, 3.63) is 21.4 Å². The maximum absolute atomic E-state index is 12.3. The van der Waals surface area contributed by atoms with Gasteiger partial charge in [-0.15, -0.1) is 11.3 Å². The minimum Gasteiger partial charge on any atom is -0.396 e. The van der Waals surface area contributed by atoms with Crippen LogP contribution in [0.5, 0.6) is 0 Å². The summed E-state index contributed by atoms with van der Waals surface area (Å²) in [5, 5.41) is 12.7. The van der Waals surface area contributed by atoms with Crippen molar-refractivity contribution in [2.45, 2.75) is 39.2 Å². The van der Waals surface area contributed by atoms with Crippen LogP contribution in [0.1, 0.15) is 39.4 Å². The molecule has 2 N–H and O–H groups in total. The van der Waals surface area contributed by atoms with Gasteiger partial charge >= 0.3 is 0 Å². The zero-order valence-corrected chi connectivity index (χ0v) is 12.3. The maximum atomic E-state index is 12.3. The molecule has 4 atom stereocenters. The largest absolute Gasteiger partial charge is 0.396 e. The Morgan fingerprint density at radius 2 is 2.16 bits per heavy atom. The average Bonchev–Trinajstić information content (AvgIpc) is 3.05. The van der Waals surface area contributed by atoms with Crippen LogP contribution in [0, 0.1) is 31.6 Å². The van der Waals surface area contributed by atoms with E-state index in [1.54, 1.807) is 11.3 Å². The molecular weight excluding hydrogens is 258 g/mol. The predicted molar refractivity (Wildman–Crippen MR) is 76.5 cm³/mol. The number of carbonyl (C=O) groups excluding carboxylic acids is 1. The first-order chi connectivity index (χ1) is 9.10. The molecule has 4 heteroatoms. The standard InChI is InChI=1S/C15H21NO2S/c1-8-5-13(19-9(8)2)15(18)16-14-11-4-3-10(6-11)12(14)7-17/h5,10-12,14,17H,3-4,6-7H2,1-2H3,(H,16,18). The van der Waals surface area contributed by atoms with Crippen molar-refractivity contribution in [2.24, 2.45) is 17.8 Å². The Balaban J connectivity index is 1.72. The number of aliphatic hydroxyl groups is 1. The fourth-order valence-electron chi connectivity index (χ4n) is 3.81. The van der Waals surface area contributed by atoms with Gasteiger partial charge in [0.05, 0.1) is 4.88 Å². The molecule has 0 aliphatic heterocycles. The van der Waals surface area contributed by atoms with Crippen molar-refractivity contribution < 1.29 is 9.90 Å². The summed E-state index contributed by atoms with van der Waals surface area (Å²) in [6.45, 7) is 4.29. The number of carbonyl (C=O) groups is 1. The molecule has 104 valence electrons. The molecule has 2 saturated carbocycles. The van der Waals surface area contributed by atoms with Crippen molar-refractivity contribution in [3.63, 3.8) is 0 Å². The maximum Gasteiger partial charge on any atom is 0.261 e. The lowest BCUT2D eigenvalue weighted by Gasteiger charge is -2.30. The molecule has 19 heavy (non-hydrogen) atoms. The van der Waals surface area contributed by atoms with Crippen LogP contribution in [-0.2, 0) is 0 Å². The summed E-state index contributed by atoms with van der Waals surface area (Å²) in [5.74, 6) is 1.50. The Hall–Kier alpha value is -0.870. The second kappa shape index (κ2) is 4.91. The van der Waals surface area contributed by atoms with Gasteiger partial charge in [0.15, 0.2) is 0 Å². The SMILES string of the molecule is Cc1cc(C(=O)NC2C3CCC(C3)C2CO)sc1C. The molecule has 1 heterocycles. The van der Waals surface area contributed by atoms with E-state index in [-0.39, 0.29) is 24.5 Å². The highest BCUT2D eigenvalue weighted by Crippen LogP contribution is 2.48. The van der Waals surface area contributed by atoms with Gasteiger partial charge in [-0.1, -0.05) is 0 Å². The van der Waals surface area contributed by atoms with Crippen LogP contribution in [0.4, 0.5) is 0 Å². The third-order valence-corrected chi connectivity index (χ3v) is 6.14. The fourth-order valence-corrected chi connectivity index (χ4v) is 4.74. The third kappa shape index (κ3) is 2.21. The minimum atomic E-state index is 0.0391. The smallest absolute Gasteiger partial charge is 0.261 e. The van der Waals surface area contributed by atoms with Crippen LogP contribution in [-0.4, -0.2) is 23.7 Å². The Bertz CT molecular complexity index is 477. The van der Waals surface area contributed by atoms with Gasteiger partial charge < -0.3 is 10.4 Å². The summed E-state index contributed by atoms with van der Waals surface area (Å²) in [4.78, 5) is 14.3. The zero-order valence-electron chi connectivity index (χ0n) is 11.5. The molecule has 0 radical (unpaired) electrons. The van der Waals surface area contributed by atoms with Gasteiger partial charge in [0.2, 0.25) is 0 Å². The molecular formula is C15H21NO2S. The molecule has 2 bridgehead atoms. The van der Waals surface area contributed by atoms with E-state index in [0.717, 1.165) is 4.88 Å². The molecule has 2 aliphatic carbocycles. The number of amides is 1. The molecule has 0 spiro atoms. The summed E-state index contributed by atoms with van der Waals surface area (Å²) in [6, 6.07) is 2.15. The van der Waals surface area contributed by atoms with Crippen molar-refractivity contribution >= 4 is 17.2 Å². The van der Waals surface area contributed by atoms with E-state index in [1.165, 1.54) is 29.7 Å². The first-order valence-corrected chi connectivity index (χ1v) is 7.90. The number of fused-ring (bicyclic) bond motifs is 2. The normalized spacial score (nSPS) is 32.8. The van der Waals surface area contributed by atoms with E-state index >= 15 is 0 Å². The molecule has 1 aromatic heterocycles. The third-order valence-electron chi connectivity index (χ3n) is 4.99. The number of hydrogen-bond acceptors (Lipinski definition) is 3. The number of aliphatic hydroxyl groups excluding tert-OH is 1. The molecule has 0 aromatic carbocycles. The average molecular weight is 279 g/mol. The Morgan fingerprint density at radius 3 is 2.79 bits per heavy atom. The van der Waals surface area contributed by atoms with E-state index in [2.05, 4.69) is 5.32 Å². The summed E-state index contributed by atoms with van der Waals surface area (Å²) in [6.07, 6.45) is 3.60. The topological polar surface area (TPSA) is 49.3 Å². The quantitative estimate of drug-likeness (QED) is 0.893. The van der Waals surface area contributed by atoms with E-state index < -0.39 is 0 Å². The van der Waals surface area contributed by atoms with Gasteiger partial charge in [0.1, 0.15) is 0 Å². The Morgan fingerprint density at radius 1 is 1.42 bits per heavy atom. The molecule has 3 rings (SSSR count). The molecule has 0 saturated heterocycles. The number of nitrogens with one attached hydrogen (secondary N) is 1. The van der Waals surface area contributed by atoms with E-state index in [1.807, 2.05) is 19.9 Å². The van der Waals surface area contributed by atoms with E-state index in [4.69, 9.17) is 0 Å². The minimum absolute atomic E-state index is 0.0391. The van der Waals surface area contributed by atoms with Gasteiger partial charge in [0, 0.05) is 23.4 Å². The first kappa shape index (κ1) is 13.1. The first-order valence-electron chi connectivity index (χ1n) is 7.09. The van der Waals surface area contributed by atoms with Crippen molar-refractivity contribution in [1.29, 1.82) is 0 Å². The van der Waals surface area contributed by atoms with E-state index in [9.17, 15) is 9.90 Å². The van der Waals surface area contributed by atoms with Gasteiger partial charge in [-0.05, 0) is 56.6 Å².